The van der Waals surface area contributed by atoms with E-state index in [0.717, 1.165) is 25.9 Å². The van der Waals surface area contributed by atoms with Gasteiger partial charge in [0.05, 0.1) is 5.56 Å². The van der Waals surface area contributed by atoms with Crippen molar-refractivity contribution in [1.82, 2.24) is 4.90 Å². The van der Waals surface area contributed by atoms with E-state index in [1.807, 2.05) is 0 Å². The molecule has 1 unspecified atom stereocenters. The molecule has 12 heteroatoms. The molecule has 3 heterocycles. The Kier molecular flexibility index (Phi) is 8.51. The first-order chi connectivity index (χ1) is 17.0. The predicted molar refractivity (Wildman–Crippen MR) is 119 cm³/mol. The summed E-state index contributed by atoms with van der Waals surface area (Å²) in [6.07, 6.45) is -3.26. The monoisotopic (exact) mass is 512 g/mol. The summed E-state index contributed by atoms with van der Waals surface area (Å²) in [5, 5.41) is 19.2. The third-order valence-corrected chi connectivity index (χ3v) is 6.00. The number of nitrogens with zero attached hydrogens (tertiary/aromatic N) is 1. The summed E-state index contributed by atoms with van der Waals surface area (Å²) in [6, 6.07) is 11.0. The van der Waals surface area contributed by atoms with E-state index < -0.39 is 35.9 Å². The number of esters is 1. The zero-order valence-electron chi connectivity index (χ0n) is 18.9. The Bertz CT molecular complexity index is 1080. The highest BCUT2D eigenvalue weighted by atomic mass is 19.4. The number of carboxylic acids is 2. The number of carbonyl (C=O) groups is 3. The van der Waals surface area contributed by atoms with Gasteiger partial charge in [-0.05, 0) is 62.2 Å². The summed E-state index contributed by atoms with van der Waals surface area (Å²) in [5.41, 5.74) is 0.836. The molecule has 3 fully saturated rings. The number of hydrogen-bond acceptors (Lipinski definition) is 6. The van der Waals surface area contributed by atoms with Crippen LogP contribution >= 0.6 is 0 Å². The van der Waals surface area contributed by atoms with Crippen LogP contribution in [-0.2, 0) is 14.3 Å². The van der Waals surface area contributed by atoms with Gasteiger partial charge in [0, 0.05) is 17.8 Å². The lowest BCUT2D eigenvalue weighted by atomic mass is 9.86. The Balaban J connectivity index is 0.000000454. The van der Waals surface area contributed by atoms with Gasteiger partial charge in [-0.3, -0.25) is 4.90 Å². The van der Waals surface area contributed by atoms with Crippen molar-refractivity contribution in [3.05, 3.63) is 65.5 Å². The van der Waals surface area contributed by atoms with Crippen molar-refractivity contribution in [2.24, 2.45) is 5.92 Å². The van der Waals surface area contributed by atoms with Crippen LogP contribution in [0.4, 0.5) is 23.2 Å². The molecule has 2 atom stereocenters. The first kappa shape index (κ1) is 26.9. The van der Waals surface area contributed by atoms with Crippen LogP contribution in [-0.4, -0.2) is 64.9 Å². The van der Waals surface area contributed by atoms with Crippen LogP contribution in [0.3, 0.4) is 0 Å². The van der Waals surface area contributed by atoms with Gasteiger partial charge in [0.1, 0.15) is 11.9 Å². The number of piperidine rings is 3. The first-order valence-corrected chi connectivity index (χ1v) is 11.0. The van der Waals surface area contributed by atoms with Crippen molar-refractivity contribution in [2.45, 2.75) is 31.2 Å². The van der Waals surface area contributed by atoms with Gasteiger partial charge in [-0.1, -0.05) is 18.2 Å². The van der Waals surface area contributed by atoms with Crippen LogP contribution in [0.15, 0.2) is 48.5 Å². The highest BCUT2D eigenvalue weighted by molar-refractivity contribution is 5.88. The molecule has 3 saturated heterocycles. The van der Waals surface area contributed by atoms with Crippen molar-refractivity contribution in [3.63, 3.8) is 0 Å². The topological polar surface area (TPSA) is 116 Å². The number of benzene rings is 2. The molecule has 3 N–H and O–H groups in total. The predicted octanol–water partition coefficient (Wildman–Crippen LogP) is 3.95. The van der Waals surface area contributed by atoms with Crippen molar-refractivity contribution >= 4 is 23.6 Å². The summed E-state index contributed by atoms with van der Waals surface area (Å²) in [5.74, 6) is -4.48. The maximum atomic E-state index is 14.5. The quantitative estimate of drug-likeness (QED) is 0.394. The van der Waals surface area contributed by atoms with Crippen LogP contribution < -0.4 is 5.32 Å². The maximum absolute atomic E-state index is 14.5. The fourth-order valence-corrected chi connectivity index (χ4v) is 4.11. The minimum atomic E-state index is -5.08. The highest BCUT2D eigenvalue weighted by Gasteiger charge is 2.39. The molecule has 3 aliphatic rings. The fourth-order valence-electron chi connectivity index (χ4n) is 4.11. The zero-order chi connectivity index (χ0) is 26.5. The van der Waals surface area contributed by atoms with Gasteiger partial charge < -0.3 is 20.3 Å². The molecule has 0 radical (unpaired) electrons. The smallest absolute Gasteiger partial charge is 0.478 e. The molecule has 2 bridgehead atoms. The summed E-state index contributed by atoms with van der Waals surface area (Å²) in [4.78, 5) is 35.3. The van der Waals surface area contributed by atoms with Crippen molar-refractivity contribution in [3.8, 4) is 0 Å². The lowest BCUT2D eigenvalue weighted by Gasteiger charge is -2.44. The molecule has 0 aliphatic carbocycles. The highest BCUT2D eigenvalue weighted by Crippen LogP contribution is 2.32. The Morgan fingerprint density at radius 3 is 2.06 bits per heavy atom. The largest absolute Gasteiger partial charge is 0.490 e. The number of nitrogens with one attached hydrogen (secondary N) is 1. The molecule has 36 heavy (non-hydrogen) atoms. The number of carbonyl (C=O) groups excluding carboxylic acids is 1. The van der Waals surface area contributed by atoms with E-state index in [9.17, 15) is 27.2 Å². The Hall–Kier alpha value is -3.67. The first-order valence-electron chi connectivity index (χ1n) is 11.0. The number of carboxylic acid groups (broad SMARTS) is 2. The second-order valence-electron chi connectivity index (χ2n) is 8.40. The molecule has 0 saturated carbocycles. The molecular weight excluding hydrogens is 488 g/mol. The van der Waals surface area contributed by atoms with Crippen LogP contribution in [0, 0.1) is 11.7 Å². The second kappa shape index (κ2) is 11.4. The summed E-state index contributed by atoms with van der Waals surface area (Å²) >= 11 is 0. The number of anilines is 1. The summed E-state index contributed by atoms with van der Waals surface area (Å²) in [7, 11) is 0. The lowest BCUT2D eigenvalue weighted by molar-refractivity contribution is -0.192. The third-order valence-electron chi connectivity index (χ3n) is 6.00. The van der Waals surface area contributed by atoms with E-state index in [2.05, 4.69) is 10.2 Å². The van der Waals surface area contributed by atoms with E-state index in [4.69, 9.17) is 19.7 Å². The minimum absolute atomic E-state index is 0.132. The second-order valence-corrected chi connectivity index (χ2v) is 8.40. The molecule has 2 aromatic rings. The van der Waals surface area contributed by atoms with Crippen molar-refractivity contribution in [2.75, 3.05) is 25.0 Å². The number of alkyl halides is 3. The number of rotatable bonds is 6. The van der Waals surface area contributed by atoms with Gasteiger partial charge in [-0.25, -0.2) is 18.8 Å². The van der Waals surface area contributed by atoms with E-state index in [1.54, 1.807) is 30.3 Å². The Labute approximate surface area is 203 Å². The lowest BCUT2D eigenvalue weighted by Crippen LogP contribution is -2.52. The van der Waals surface area contributed by atoms with Crippen LogP contribution in [0.2, 0.25) is 0 Å². The fraction of sp³-hybridized carbons (Fsp3) is 0.375. The van der Waals surface area contributed by atoms with Crippen molar-refractivity contribution in [1.29, 1.82) is 0 Å². The molecular formula is C24H24F4N2O6. The number of halogens is 4. The van der Waals surface area contributed by atoms with E-state index in [1.165, 1.54) is 18.2 Å². The van der Waals surface area contributed by atoms with E-state index >= 15 is 0 Å². The number of hydrogen-bond donors (Lipinski definition) is 3. The molecule has 3 aliphatic heterocycles. The molecule has 2 aromatic carbocycles. The SMILES string of the molecule is O=C(O)C(F)(F)F.O=C(O)c1ccc(NC(C(=O)O[C@H]2CN3CCC2CC3)c2ccccc2F)cc1. The van der Waals surface area contributed by atoms with Gasteiger partial charge in [0.25, 0.3) is 0 Å². The van der Waals surface area contributed by atoms with Crippen LogP contribution in [0.5, 0.6) is 0 Å². The molecule has 194 valence electrons. The molecule has 0 aromatic heterocycles. The van der Waals surface area contributed by atoms with E-state index in [0.29, 0.717) is 18.2 Å². The number of aliphatic carboxylic acids is 1. The number of fused-ring (bicyclic) bond motifs is 3. The van der Waals surface area contributed by atoms with Gasteiger partial charge in [-0.2, -0.15) is 13.2 Å². The Morgan fingerprint density at radius 2 is 1.58 bits per heavy atom. The maximum Gasteiger partial charge on any atom is 0.490 e. The summed E-state index contributed by atoms with van der Waals surface area (Å²) in [6.45, 7) is 2.78. The van der Waals surface area contributed by atoms with Gasteiger partial charge in [0.15, 0.2) is 6.04 Å². The zero-order valence-corrected chi connectivity index (χ0v) is 18.9. The standard InChI is InChI=1S/C22H23FN2O4.C2HF3O2/c23-18-4-2-1-3-17(18)20(24-16-7-5-15(6-8-16)21(26)27)22(28)29-19-13-25-11-9-14(19)10-12-25;3-2(4,5)1(6)7/h1-8,14,19-20,24H,9-13H2,(H,26,27);(H,6,7)/t19-,20?;/m0./s1. The van der Waals surface area contributed by atoms with Crippen molar-refractivity contribution < 1.29 is 46.9 Å². The van der Waals surface area contributed by atoms with Gasteiger partial charge in [-0.15, -0.1) is 0 Å². The number of aromatic carboxylic acids is 1. The van der Waals surface area contributed by atoms with Gasteiger partial charge in [0.2, 0.25) is 0 Å². The minimum Gasteiger partial charge on any atom is -0.478 e. The number of ether oxygens (including phenoxy) is 1. The summed E-state index contributed by atoms with van der Waals surface area (Å²) < 4.78 is 52.0. The average molecular weight is 512 g/mol. The molecule has 5 rings (SSSR count). The molecule has 8 nitrogen and oxygen atoms in total. The van der Waals surface area contributed by atoms with Crippen LogP contribution in [0.1, 0.15) is 34.8 Å². The average Bonchev–Trinajstić information content (AvgIpc) is 2.84. The normalized spacial score (nSPS) is 21.5. The van der Waals surface area contributed by atoms with E-state index in [-0.39, 0.29) is 17.2 Å². The molecule has 0 spiro atoms. The van der Waals surface area contributed by atoms with Crippen LogP contribution in [0.25, 0.3) is 0 Å². The molecule has 0 amide bonds. The third kappa shape index (κ3) is 6.94. The Morgan fingerprint density at radius 1 is 1.00 bits per heavy atom. The van der Waals surface area contributed by atoms with Gasteiger partial charge >= 0.3 is 24.1 Å².